The highest BCUT2D eigenvalue weighted by Gasteiger charge is 2.35. The predicted molar refractivity (Wildman–Crippen MR) is 62.7 cm³/mol. The third-order valence-corrected chi connectivity index (χ3v) is 2.69. The molecule has 1 unspecified atom stereocenters. The van der Waals surface area contributed by atoms with Crippen LogP contribution in [0.5, 0.6) is 5.88 Å². The van der Waals surface area contributed by atoms with Crippen LogP contribution in [0, 0.1) is 5.92 Å². The highest BCUT2D eigenvalue weighted by molar-refractivity contribution is 5.98. The molecule has 96 valence electrons. The second kappa shape index (κ2) is 4.47. The van der Waals surface area contributed by atoms with Crippen molar-refractivity contribution in [1.29, 1.82) is 0 Å². The Morgan fingerprint density at radius 3 is 2.83 bits per heavy atom. The van der Waals surface area contributed by atoms with Crippen molar-refractivity contribution in [3.05, 3.63) is 6.07 Å². The minimum atomic E-state index is -0.520. The van der Waals surface area contributed by atoms with Gasteiger partial charge in [0.1, 0.15) is 5.82 Å². The molecule has 1 saturated heterocycles. The molecule has 0 bridgehead atoms. The fourth-order valence-corrected chi connectivity index (χ4v) is 1.75. The van der Waals surface area contributed by atoms with Gasteiger partial charge in [-0.2, -0.15) is 9.97 Å². The van der Waals surface area contributed by atoms with Crippen LogP contribution in [0.2, 0.25) is 0 Å². The molecule has 0 radical (unpaired) electrons. The maximum atomic E-state index is 11.8. The molecule has 1 aromatic rings. The molecule has 18 heavy (non-hydrogen) atoms. The Morgan fingerprint density at radius 2 is 2.28 bits per heavy atom. The quantitative estimate of drug-likeness (QED) is 0.703. The summed E-state index contributed by atoms with van der Waals surface area (Å²) in [5.41, 5.74) is 10.8. The number of nitrogens with zero attached hydrogens (tertiary/aromatic N) is 3. The number of rotatable bonds is 3. The lowest BCUT2D eigenvalue weighted by Crippen LogP contribution is -2.29. The number of primary amides is 1. The molecule has 0 aliphatic carbocycles. The van der Waals surface area contributed by atoms with E-state index in [1.165, 1.54) is 18.1 Å². The van der Waals surface area contributed by atoms with Gasteiger partial charge in [0.05, 0.1) is 13.0 Å². The van der Waals surface area contributed by atoms with Crippen molar-refractivity contribution in [2.75, 3.05) is 24.3 Å². The number of methoxy groups -OCH3 is 1. The molecular weight excluding hydrogens is 238 g/mol. The van der Waals surface area contributed by atoms with E-state index >= 15 is 0 Å². The van der Waals surface area contributed by atoms with Crippen LogP contribution in [-0.4, -0.2) is 35.4 Å². The van der Waals surface area contributed by atoms with Gasteiger partial charge in [-0.1, -0.05) is 0 Å². The zero-order chi connectivity index (χ0) is 13.3. The minimum Gasteiger partial charge on any atom is -0.481 e. The van der Waals surface area contributed by atoms with E-state index in [9.17, 15) is 9.59 Å². The first-order chi connectivity index (χ1) is 8.51. The number of hydrogen-bond acceptors (Lipinski definition) is 6. The molecule has 8 heteroatoms. The Kier molecular flexibility index (Phi) is 3.00. The van der Waals surface area contributed by atoms with Crippen molar-refractivity contribution in [3.8, 4) is 5.88 Å². The van der Waals surface area contributed by atoms with Gasteiger partial charge in [-0.15, -0.1) is 0 Å². The smallest absolute Gasteiger partial charge is 0.237 e. The highest BCUT2D eigenvalue weighted by atomic mass is 16.5. The lowest BCUT2D eigenvalue weighted by molar-refractivity contribution is -0.123. The van der Waals surface area contributed by atoms with Gasteiger partial charge in [0.25, 0.3) is 0 Å². The van der Waals surface area contributed by atoms with Crippen molar-refractivity contribution in [1.82, 2.24) is 9.97 Å². The first-order valence-corrected chi connectivity index (χ1v) is 5.29. The number of aromatic nitrogens is 2. The van der Waals surface area contributed by atoms with Crippen LogP contribution in [0.1, 0.15) is 6.42 Å². The summed E-state index contributed by atoms with van der Waals surface area (Å²) in [4.78, 5) is 32.1. The first-order valence-electron chi connectivity index (χ1n) is 5.29. The zero-order valence-corrected chi connectivity index (χ0v) is 9.79. The Labute approximate surface area is 103 Å². The number of anilines is 2. The van der Waals surface area contributed by atoms with Gasteiger partial charge in [-0.3, -0.25) is 14.5 Å². The molecule has 1 aliphatic heterocycles. The first kappa shape index (κ1) is 12.1. The summed E-state index contributed by atoms with van der Waals surface area (Å²) in [5, 5.41) is 0. The molecule has 1 fully saturated rings. The molecule has 0 aromatic carbocycles. The number of nitrogen functional groups attached to an aromatic ring is 1. The number of carbonyl (C=O) groups excluding carboxylic acids is 2. The standard InChI is InChI=1S/C10H13N5O3/c1-18-7-3-6(11)13-10(14-7)15-4-5(9(12)17)2-8(15)16/h3,5H,2,4H2,1H3,(H2,12,17)(H2,11,13,14). The fourth-order valence-electron chi connectivity index (χ4n) is 1.75. The van der Waals surface area contributed by atoms with Crippen molar-refractivity contribution < 1.29 is 14.3 Å². The van der Waals surface area contributed by atoms with Gasteiger partial charge in [0, 0.05) is 19.0 Å². The molecule has 2 amide bonds. The fraction of sp³-hybridized carbons (Fsp3) is 0.400. The molecule has 8 nitrogen and oxygen atoms in total. The van der Waals surface area contributed by atoms with Crippen LogP contribution in [0.15, 0.2) is 6.07 Å². The lowest BCUT2D eigenvalue weighted by atomic mass is 10.1. The number of nitrogens with two attached hydrogens (primary N) is 2. The molecule has 2 rings (SSSR count). The summed E-state index contributed by atoms with van der Waals surface area (Å²) in [7, 11) is 1.43. The van der Waals surface area contributed by atoms with Crippen LogP contribution < -0.4 is 21.1 Å². The zero-order valence-electron chi connectivity index (χ0n) is 9.79. The topological polar surface area (TPSA) is 124 Å². The molecule has 1 aliphatic rings. The summed E-state index contributed by atoms with van der Waals surface area (Å²) in [6.07, 6.45) is 0.0653. The maximum Gasteiger partial charge on any atom is 0.237 e. The Balaban J connectivity index is 2.29. The van der Waals surface area contributed by atoms with E-state index in [4.69, 9.17) is 16.2 Å². The second-order valence-corrected chi connectivity index (χ2v) is 3.94. The lowest BCUT2D eigenvalue weighted by Gasteiger charge is -2.14. The van der Waals surface area contributed by atoms with Gasteiger partial charge in [0.2, 0.25) is 23.6 Å². The molecule has 0 spiro atoms. The SMILES string of the molecule is COc1cc(N)nc(N2CC(C(N)=O)CC2=O)n1. The largest absolute Gasteiger partial charge is 0.481 e. The van der Waals surface area contributed by atoms with Crippen LogP contribution in [0.25, 0.3) is 0 Å². The third kappa shape index (κ3) is 2.17. The maximum absolute atomic E-state index is 11.8. The average molecular weight is 251 g/mol. The third-order valence-electron chi connectivity index (χ3n) is 2.69. The van der Waals surface area contributed by atoms with Crippen molar-refractivity contribution in [2.45, 2.75) is 6.42 Å². The summed E-state index contributed by atoms with van der Waals surface area (Å²) in [5.74, 6) is -0.720. The van der Waals surface area contributed by atoms with Gasteiger partial charge in [-0.25, -0.2) is 0 Å². The van der Waals surface area contributed by atoms with Crippen molar-refractivity contribution >= 4 is 23.6 Å². The Bertz CT molecular complexity index is 504. The van der Waals surface area contributed by atoms with E-state index in [2.05, 4.69) is 9.97 Å². The molecular formula is C10H13N5O3. The van der Waals surface area contributed by atoms with Gasteiger partial charge in [-0.05, 0) is 0 Å². The molecule has 4 N–H and O–H groups in total. The van der Waals surface area contributed by atoms with Gasteiger partial charge >= 0.3 is 0 Å². The van der Waals surface area contributed by atoms with E-state index in [0.717, 1.165) is 0 Å². The normalized spacial score (nSPS) is 19.1. The van der Waals surface area contributed by atoms with Crippen LogP contribution in [-0.2, 0) is 9.59 Å². The van der Waals surface area contributed by atoms with Crippen molar-refractivity contribution in [3.63, 3.8) is 0 Å². The summed E-state index contributed by atoms with van der Waals surface area (Å²) in [6, 6.07) is 1.44. The average Bonchev–Trinajstić information content (AvgIpc) is 2.70. The van der Waals surface area contributed by atoms with E-state index in [1.807, 2.05) is 0 Å². The van der Waals surface area contributed by atoms with Crippen LogP contribution in [0.4, 0.5) is 11.8 Å². The molecule has 2 heterocycles. The number of ether oxygens (including phenoxy) is 1. The Hall–Kier alpha value is -2.38. The van der Waals surface area contributed by atoms with Gasteiger partial charge < -0.3 is 16.2 Å². The van der Waals surface area contributed by atoms with E-state index < -0.39 is 11.8 Å². The second-order valence-electron chi connectivity index (χ2n) is 3.94. The van der Waals surface area contributed by atoms with E-state index in [0.29, 0.717) is 0 Å². The monoisotopic (exact) mass is 251 g/mol. The summed E-state index contributed by atoms with van der Waals surface area (Å²) in [6.45, 7) is 0.167. The van der Waals surface area contributed by atoms with E-state index in [-0.39, 0.29) is 36.5 Å². The molecule has 1 aromatic heterocycles. The summed E-state index contributed by atoms with van der Waals surface area (Å²) < 4.78 is 4.94. The van der Waals surface area contributed by atoms with E-state index in [1.54, 1.807) is 0 Å². The van der Waals surface area contributed by atoms with Crippen LogP contribution in [0.3, 0.4) is 0 Å². The van der Waals surface area contributed by atoms with Crippen molar-refractivity contribution in [2.24, 2.45) is 11.7 Å². The minimum absolute atomic E-state index is 0.0653. The number of amides is 2. The summed E-state index contributed by atoms with van der Waals surface area (Å²) >= 11 is 0. The van der Waals surface area contributed by atoms with Gasteiger partial charge in [0.15, 0.2) is 0 Å². The van der Waals surface area contributed by atoms with Crippen LogP contribution >= 0.6 is 0 Å². The molecule has 0 saturated carbocycles. The number of carbonyl (C=O) groups is 2. The predicted octanol–water partition coefficient (Wildman–Crippen LogP) is -1.09. The number of hydrogen-bond donors (Lipinski definition) is 2. The molecule has 1 atom stereocenters. The Morgan fingerprint density at radius 1 is 1.56 bits per heavy atom. The highest BCUT2D eigenvalue weighted by Crippen LogP contribution is 2.24.